The molecule has 0 atom stereocenters. The van der Waals surface area contributed by atoms with Crippen molar-refractivity contribution in [3.8, 4) is 22.8 Å². The second-order valence-electron chi connectivity index (χ2n) is 7.86. The van der Waals surface area contributed by atoms with Crippen molar-refractivity contribution < 1.29 is 9.47 Å². The number of hydrogen-bond acceptors (Lipinski definition) is 5. The molecule has 2 aromatic carbocycles. The van der Waals surface area contributed by atoms with E-state index in [0.29, 0.717) is 18.1 Å². The summed E-state index contributed by atoms with van der Waals surface area (Å²) in [5.74, 6) is 1.50. The molecule has 3 aromatic rings. The van der Waals surface area contributed by atoms with Crippen molar-refractivity contribution >= 4 is 0 Å². The highest BCUT2D eigenvalue weighted by Gasteiger charge is 2.28. The van der Waals surface area contributed by atoms with Gasteiger partial charge in [0.05, 0.1) is 6.20 Å². The van der Waals surface area contributed by atoms with Crippen LogP contribution in [-0.2, 0) is 6.61 Å². The van der Waals surface area contributed by atoms with Crippen LogP contribution in [0.15, 0.2) is 60.8 Å². The highest BCUT2D eigenvalue weighted by molar-refractivity contribution is 5.64. The molecule has 0 saturated heterocycles. The minimum atomic E-state index is -0.139. The third-order valence-electron chi connectivity index (χ3n) is 5.86. The summed E-state index contributed by atoms with van der Waals surface area (Å²) in [6, 6.07) is 18.0. The molecule has 0 aliphatic heterocycles. The van der Waals surface area contributed by atoms with Crippen LogP contribution in [0.5, 0.6) is 11.5 Å². The van der Waals surface area contributed by atoms with Crippen molar-refractivity contribution in [2.75, 3.05) is 0 Å². The zero-order valence-corrected chi connectivity index (χ0v) is 18.9. The van der Waals surface area contributed by atoms with Crippen molar-refractivity contribution in [1.29, 1.82) is 0 Å². The molecular weight excluding hydrogens is 386 g/mol. The molecule has 0 aliphatic rings. The summed E-state index contributed by atoms with van der Waals surface area (Å²) < 4.78 is 12.8. The molecule has 0 N–H and O–H groups in total. The van der Waals surface area contributed by atoms with Crippen LogP contribution >= 0.6 is 0 Å². The topological polar surface area (TPSA) is 57.1 Å². The van der Waals surface area contributed by atoms with E-state index in [1.165, 1.54) is 19.3 Å². The van der Waals surface area contributed by atoms with E-state index in [4.69, 9.17) is 9.47 Å². The van der Waals surface area contributed by atoms with E-state index in [-0.39, 0.29) is 5.60 Å². The van der Waals surface area contributed by atoms with Crippen molar-refractivity contribution in [2.24, 2.45) is 0 Å². The van der Waals surface area contributed by atoms with Gasteiger partial charge in [-0.25, -0.2) is 0 Å². The van der Waals surface area contributed by atoms with Crippen LogP contribution in [0, 0.1) is 0 Å². The Kier molecular flexibility index (Phi) is 8.39. The van der Waals surface area contributed by atoms with Gasteiger partial charge in [0, 0.05) is 11.1 Å². The third-order valence-corrected chi connectivity index (χ3v) is 5.86. The average Bonchev–Trinajstić information content (AvgIpc) is 2.83. The standard InChI is InChI=1S/C26H33N3O2/c1-4-7-13-18-26(5-2,6-3)31-23-17-12-11-16-22(23)20-30-24-19-27-29-28-25(24)21-14-9-8-10-15-21/h8-12,14-17,19H,4-7,13,18,20H2,1-3H3. The second-order valence-corrected chi connectivity index (χ2v) is 7.86. The maximum Gasteiger partial charge on any atom is 0.168 e. The van der Waals surface area contributed by atoms with Gasteiger partial charge in [-0.2, -0.15) is 0 Å². The molecule has 0 radical (unpaired) electrons. The molecule has 3 rings (SSSR count). The van der Waals surface area contributed by atoms with Crippen LogP contribution in [0.3, 0.4) is 0 Å². The van der Waals surface area contributed by atoms with Gasteiger partial charge in [0.15, 0.2) is 5.75 Å². The van der Waals surface area contributed by atoms with Gasteiger partial charge in [0.1, 0.15) is 23.7 Å². The van der Waals surface area contributed by atoms with Gasteiger partial charge in [0.25, 0.3) is 0 Å². The SMILES string of the molecule is CCCCCC(CC)(CC)Oc1ccccc1COc1cnnnc1-c1ccccc1. The Morgan fingerprint density at radius 2 is 1.58 bits per heavy atom. The molecule has 0 unspecified atom stereocenters. The Hall–Kier alpha value is -2.95. The zero-order chi connectivity index (χ0) is 21.9. The number of benzene rings is 2. The Morgan fingerprint density at radius 1 is 0.839 bits per heavy atom. The predicted octanol–water partition coefficient (Wildman–Crippen LogP) is 6.64. The summed E-state index contributed by atoms with van der Waals surface area (Å²) in [5.41, 5.74) is 2.51. The van der Waals surface area contributed by atoms with Gasteiger partial charge < -0.3 is 9.47 Å². The number of rotatable bonds is 12. The lowest BCUT2D eigenvalue weighted by atomic mass is 9.90. The number of aromatic nitrogens is 3. The van der Waals surface area contributed by atoms with Crippen molar-refractivity contribution in [3.05, 3.63) is 66.4 Å². The fourth-order valence-electron chi connectivity index (χ4n) is 3.77. The average molecular weight is 420 g/mol. The highest BCUT2D eigenvalue weighted by atomic mass is 16.5. The maximum atomic E-state index is 6.66. The van der Waals surface area contributed by atoms with Gasteiger partial charge in [0.2, 0.25) is 0 Å². The molecule has 164 valence electrons. The van der Waals surface area contributed by atoms with Gasteiger partial charge in [-0.15, -0.1) is 10.2 Å². The van der Waals surface area contributed by atoms with E-state index in [1.54, 1.807) is 6.20 Å². The maximum absolute atomic E-state index is 6.66. The van der Waals surface area contributed by atoms with Crippen molar-refractivity contribution in [2.45, 2.75) is 71.5 Å². The normalized spacial score (nSPS) is 11.3. The van der Waals surface area contributed by atoms with E-state index in [2.05, 4.69) is 42.2 Å². The number of hydrogen-bond donors (Lipinski definition) is 0. The van der Waals surface area contributed by atoms with E-state index in [0.717, 1.165) is 36.1 Å². The molecule has 0 aliphatic carbocycles. The summed E-state index contributed by atoms with van der Waals surface area (Å²) >= 11 is 0. The Bertz CT molecular complexity index is 927. The first kappa shape index (κ1) is 22.7. The number of unbranched alkanes of at least 4 members (excludes halogenated alkanes) is 2. The number of ether oxygens (including phenoxy) is 2. The van der Waals surface area contributed by atoms with Crippen molar-refractivity contribution in [3.63, 3.8) is 0 Å². The molecule has 0 saturated carbocycles. The summed E-state index contributed by atoms with van der Waals surface area (Å²) in [6.07, 6.45) is 8.29. The minimum Gasteiger partial charge on any atom is -0.487 e. The molecule has 5 heteroatoms. The Morgan fingerprint density at radius 3 is 2.32 bits per heavy atom. The predicted molar refractivity (Wildman–Crippen MR) is 124 cm³/mol. The van der Waals surface area contributed by atoms with Crippen LogP contribution in [0.1, 0.15) is 64.9 Å². The summed E-state index contributed by atoms with van der Waals surface area (Å²) in [6.45, 7) is 7.05. The molecule has 31 heavy (non-hydrogen) atoms. The fraction of sp³-hybridized carbons (Fsp3) is 0.423. The van der Waals surface area contributed by atoms with E-state index < -0.39 is 0 Å². The monoisotopic (exact) mass is 419 g/mol. The molecule has 0 bridgehead atoms. The number of nitrogens with zero attached hydrogens (tertiary/aromatic N) is 3. The van der Waals surface area contributed by atoms with E-state index in [1.807, 2.05) is 48.5 Å². The van der Waals surface area contributed by atoms with E-state index >= 15 is 0 Å². The Labute approximate surface area is 185 Å². The highest BCUT2D eigenvalue weighted by Crippen LogP contribution is 2.33. The third kappa shape index (κ3) is 6.03. The molecule has 0 spiro atoms. The summed E-state index contributed by atoms with van der Waals surface area (Å²) in [7, 11) is 0. The van der Waals surface area contributed by atoms with Crippen LogP contribution < -0.4 is 9.47 Å². The van der Waals surface area contributed by atoms with Crippen molar-refractivity contribution in [1.82, 2.24) is 15.4 Å². The lowest BCUT2D eigenvalue weighted by molar-refractivity contribution is 0.0463. The molecular formula is C26H33N3O2. The van der Waals surface area contributed by atoms with Gasteiger partial charge in [-0.05, 0) is 37.0 Å². The lowest BCUT2D eigenvalue weighted by Crippen LogP contribution is -2.35. The Balaban J connectivity index is 1.78. The lowest BCUT2D eigenvalue weighted by Gasteiger charge is -2.34. The first-order valence-corrected chi connectivity index (χ1v) is 11.3. The molecule has 0 amide bonds. The van der Waals surface area contributed by atoms with Crippen LogP contribution in [0.25, 0.3) is 11.3 Å². The largest absolute Gasteiger partial charge is 0.487 e. The summed E-state index contributed by atoms with van der Waals surface area (Å²) in [4.78, 5) is 0. The second kappa shape index (κ2) is 11.4. The van der Waals surface area contributed by atoms with E-state index in [9.17, 15) is 0 Å². The quantitative estimate of drug-likeness (QED) is 0.308. The van der Waals surface area contributed by atoms with Gasteiger partial charge in [-0.3, -0.25) is 0 Å². The van der Waals surface area contributed by atoms with Crippen LogP contribution in [-0.4, -0.2) is 21.0 Å². The first-order valence-electron chi connectivity index (χ1n) is 11.3. The zero-order valence-electron chi connectivity index (χ0n) is 18.9. The molecule has 1 heterocycles. The molecule has 0 fully saturated rings. The van der Waals surface area contributed by atoms with Gasteiger partial charge >= 0.3 is 0 Å². The molecule has 1 aromatic heterocycles. The summed E-state index contributed by atoms with van der Waals surface area (Å²) in [5, 5.41) is 11.9. The van der Waals surface area contributed by atoms with Crippen LogP contribution in [0.2, 0.25) is 0 Å². The smallest absolute Gasteiger partial charge is 0.168 e. The minimum absolute atomic E-state index is 0.139. The van der Waals surface area contributed by atoms with Crippen LogP contribution in [0.4, 0.5) is 0 Å². The van der Waals surface area contributed by atoms with Gasteiger partial charge in [-0.1, -0.05) is 82.1 Å². The fourth-order valence-corrected chi connectivity index (χ4v) is 3.77. The number of para-hydroxylation sites is 1. The first-order chi connectivity index (χ1) is 15.2. The molecule has 5 nitrogen and oxygen atoms in total.